The third-order valence-electron chi connectivity index (χ3n) is 7.36. The highest BCUT2D eigenvalue weighted by atomic mass is 16.5. The average molecular weight is 463 g/mol. The van der Waals surface area contributed by atoms with Crippen LogP contribution in [0.4, 0.5) is 4.79 Å². The molecule has 2 saturated carbocycles. The molecule has 1 unspecified atom stereocenters. The highest BCUT2D eigenvalue weighted by molar-refractivity contribution is 5.91. The number of rotatable bonds is 9. The zero-order chi connectivity index (χ0) is 23.9. The number of hydrogen-bond donors (Lipinski definition) is 2. The van der Waals surface area contributed by atoms with Gasteiger partial charge in [0.15, 0.2) is 0 Å². The molecule has 2 N–H and O–H groups in total. The Kier molecular flexibility index (Phi) is 5.80. The summed E-state index contributed by atoms with van der Waals surface area (Å²) in [6.45, 7) is 2.10. The molecule has 3 aliphatic rings. The molecule has 0 aromatic heterocycles. The number of hydrogen-bond acceptors (Lipinski definition) is 4. The molecule has 0 saturated heterocycles. The Morgan fingerprint density at radius 1 is 1.00 bits per heavy atom. The number of carboxylic acid groups (broad SMARTS) is 1. The second-order valence-electron chi connectivity index (χ2n) is 9.80. The van der Waals surface area contributed by atoms with Crippen LogP contribution in [0.15, 0.2) is 48.5 Å². The van der Waals surface area contributed by atoms with E-state index in [0.717, 1.165) is 47.9 Å². The molecule has 5 rings (SSSR count). The molecule has 2 aromatic rings. The number of nitrogens with zero attached hydrogens (tertiary/aromatic N) is 1. The summed E-state index contributed by atoms with van der Waals surface area (Å²) < 4.78 is 5.70. The van der Waals surface area contributed by atoms with E-state index >= 15 is 0 Å². The van der Waals surface area contributed by atoms with Crippen LogP contribution in [0, 0.1) is 5.92 Å². The van der Waals surface area contributed by atoms with E-state index in [1.165, 1.54) is 0 Å². The molecule has 2 amide bonds. The number of benzene rings is 2. The summed E-state index contributed by atoms with van der Waals surface area (Å²) in [7, 11) is 0. The van der Waals surface area contributed by atoms with Gasteiger partial charge < -0.3 is 20.1 Å². The van der Waals surface area contributed by atoms with Gasteiger partial charge in [-0.3, -0.25) is 9.59 Å². The van der Waals surface area contributed by atoms with Crippen molar-refractivity contribution in [3.05, 3.63) is 59.7 Å². The maximum Gasteiger partial charge on any atom is 0.408 e. The van der Waals surface area contributed by atoms with Gasteiger partial charge in [0, 0.05) is 18.5 Å². The fraction of sp³-hybridized carbons (Fsp3) is 0.444. The number of carboxylic acids is 1. The summed E-state index contributed by atoms with van der Waals surface area (Å²) in [5.41, 5.74) is 3.48. The highest BCUT2D eigenvalue weighted by Crippen LogP contribution is 2.45. The monoisotopic (exact) mass is 462 g/mol. The standard InChI is InChI=1S/C27H30N2O5/c1-27(17-10-11-17,25(32)29(18-12-13-18)15-14-24(30)31)28-26(33)34-16-23-21-8-4-2-6-19(21)20-7-3-5-9-22(20)23/h2-9,17-18,23H,10-16H2,1H3,(H,28,33)(H,30,31). The summed E-state index contributed by atoms with van der Waals surface area (Å²) in [5.74, 6) is -1.16. The molecule has 0 aliphatic heterocycles. The van der Waals surface area contributed by atoms with Crippen LogP contribution in [0.1, 0.15) is 56.1 Å². The normalized spacial score (nSPS) is 18.4. The van der Waals surface area contributed by atoms with Crippen LogP contribution in [-0.2, 0) is 14.3 Å². The SMILES string of the molecule is CC(NC(=O)OCC1c2ccccc2-c2ccccc21)(C(=O)N(CCC(=O)O)C1CC1)C1CC1. The van der Waals surface area contributed by atoms with Crippen LogP contribution >= 0.6 is 0 Å². The van der Waals surface area contributed by atoms with Crippen LogP contribution in [0.3, 0.4) is 0 Å². The van der Waals surface area contributed by atoms with Gasteiger partial charge in [-0.2, -0.15) is 0 Å². The number of aliphatic carboxylic acids is 1. The second kappa shape index (κ2) is 8.78. The number of ether oxygens (including phenoxy) is 1. The van der Waals surface area contributed by atoms with Gasteiger partial charge in [0.05, 0.1) is 6.42 Å². The van der Waals surface area contributed by atoms with Crippen LogP contribution in [0.2, 0.25) is 0 Å². The number of carbonyl (C=O) groups is 3. The lowest BCUT2D eigenvalue weighted by Gasteiger charge is -2.35. The Morgan fingerprint density at radius 2 is 1.59 bits per heavy atom. The van der Waals surface area contributed by atoms with E-state index in [2.05, 4.69) is 29.6 Å². The molecule has 7 nitrogen and oxygen atoms in total. The van der Waals surface area contributed by atoms with Crippen molar-refractivity contribution in [1.29, 1.82) is 0 Å². The van der Waals surface area contributed by atoms with Gasteiger partial charge in [-0.1, -0.05) is 48.5 Å². The minimum Gasteiger partial charge on any atom is -0.481 e. The van der Waals surface area contributed by atoms with Crippen molar-refractivity contribution >= 4 is 18.0 Å². The second-order valence-corrected chi connectivity index (χ2v) is 9.80. The molecule has 0 heterocycles. The minimum atomic E-state index is -1.09. The molecule has 3 aliphatic carbocycles. The lowest BCUT2D eigenvalue weighted by molar-refractivity contribution is -0.141. The fourth-order valence-electron chi connectivity index (χ4n) is 5.19. The molecular weight excluding hydrogens is 432 g/mol. The van der Waals surface area contributed by atoms with Gasteiger partial charge in [-0.15, -0.1) is 0 Å². The van der Waals surface area contributed by atoms with E-state index < -0.39 is 17.6 Å². The van der Waals surface area contributed by atoms with Crippen LogP contribution in [-0.4, -0.2) is 52.7 Å². The van der Waals surface area contributed by atoms with Gasteiger partial charge in [0.1, 0.15) is 12.1 Å². The first-order valence-electron chi connectivity index (χ1n) is 12.0. The Hall–Kier alpha value is -3.35. The summed E-state index contributed by atoms with van der Waals surface area (Å²) in [5, 5.41) is 12.0. The smallest absolute Gasteiger partial charge is 0.408 e. The summed E-state index contributed by atoms with van der Waals surface area (Å²) in [6, 6.07) is 16.4. The molecule has 0 bridgehead atoms. The Bertz CT molecular complexity index is 1080. The predicted octanol–water partition coefficient (Wildman–Crippen LogP) is 4.16. The topological polar surface area (TPSA) is 95.9 Å². The van der Waals surface area contributed by atoms with E-state index in [4.69, 9.17) is 9.84 Å². The molecule has 34 heavy (non-hydrogen) atoms. The first-order chi connectivity index (χ1) is 16.4. The molecule has 7 heteroatoms. The van der Waals surface area contributed by atoms with Gasteiger partial charge in [-0.05, 0) is 60.8 Å². The summed E-state index contributed by atoms with van der Waals surface area (Å²) in [6.07, 6.45) is 2.73. The fourth-order valence-corrected chi connectivity index (χ4v) is 5.19. The number of nitrogens with one attached hydrogen (secondary N) is 1. The van der Waals surface area contributed by atoms with E-state index in [9.17, 15) is 14.4 Å². The maximum absolute atomic E-state index is 13.5. The third-order valence-corrected chi connectivity index (χ3v) is 7.36. The summed E-state index contributed by atoms with van der Waals surface area (Å²) >= 11 is 0. The molecule has 0 spiro atoms. The van der Waals surface area contributed by atoms with Crippen molar-refractivity contribution in [1.82, 2.24) is 10.2 Å². The van der Waals surface area contributed by atoms with E-state index in [1.807, 2.05) is 24.3 Å². The molecule has 178 valence electrons. The molecule has 2 fully saturated rings. The Balaban J connectivity index is 1.28. The average Bonchev–Trinajstić information content (AvgIpc) is 3.74. The summed E-state index contributed by atoms with van der Waals surface area (Å²) in [4.78, 5) is 39.2. The van der Waals surface area contributed by atoms with Crippen LogP contribution in [0.25, 0.3) is 11.1 Å². The number of carbonyl (C=O) groups excluding carboxylic acids is 2. The zero-order valence-corrected chi connectivity index (χ0v) is 19.3. The van der Waals surface area contributed by atoms with Crippen LogP contribution in [0.5, 0.6) is 0 Å². The van der Waals surface area contributed by atoms with Gasteiger partial charge >= 0.3 is 12.1 Å². The van der Waals surface area contributed by atoms with Crippen molar-refractivity contribution in [2.24, 2.45) is 5.92 Å². The van der Waals surface area contributed by atoms with Crippen molar-refractivity contribution < 1.29 is 24.2 Å². The van der Waals surface area contributed by atoms with Gasteiger partial charge in [0.2, 0.25) is 5.91 Å². The van der Waals surface area contributed by atoms with Crippen LogP contribution < -0.4 is 5.32 Å². The van der Waals surface area contributed by atoms with Gasteiger partial charge in [-0.25, -0.2) is 4.79 Å². The number of amides is 2. The first kappa shape index (κ1) is 22.4. The number of fused-ring (bicyclic) bond motifs is 3. The Morgan fingerprint density at radius 3 is 2.12 bits per heavy atom. The third kappa shape index (κ3) is 4.27. The highest BCUT2D eigenvalue weighted by Gasteiger charge is 2.52. The van der Waals surface area contributed by atoms with E-state index in [-0.39, 0.29) is 43.4 Å². The lowest BCUT2D eigenvalue weighted by Crippen LogP contribution is -2.60. The maximum atomic E-state index is 13.5. The van der Waals surface area contributed by atoms with E-state index in [1.54, 1.807) is 11.8 Å². The van der Waals surface area contributed by atoms with Crippen molar-refractivity contribution in [2.75, 3.05) is 13.2 Å². The lowest BCUT2D eigenvalue weighted by atomic mass is 9.93. The largest absolute Gasteiger partial charge is 0.481 e. The molecule has 0 radical (unpaired) electrons. The zero-order valence-electron chi connectivity index (χ0n) is 19.3. The first-order valence-corrected chi connectivity index (χ1v) is 12.0. The van der Waals surface area contributed by atoms with Gasteiger partial charge in [0.25, 0.3) is 0 Å². The minimum absolute atomic E-state index is 0.0339. The van der Waals surface area contributed by atoms with Crippen molar-refractivity contribution in [3.63, 3.8) is 0 Å². The molecule has 2 aromatic carbocycles. The molecular formula is C27H30N2O5. The molecule has 1 atom stereocenters. The predicted molar refractivity (Wildman–Crippen MR) is 126 cm³/mol. The number of alkyl carbamates (subject to hydrolysis) is 1. The quantitative estimate of drug-likeness (QED) is 0.583. The van der Waals surface area contributed by atoms with Crippen molar-refractivity contribution in [2.45, 2.75) is 56.5 Å². The Labute approximate surface area is 199 Å². The van der Waals surface area contributed by atoms with E-state index in [0.29, 0.717) is 0 Å². The van der Waals surface area contributed by atoms with Crippen molar-refractivity contribution in [3.8, 4) is 11.1 Å².